The fraction of sp³-hybridized carbons (Fsp3) is 0.550. The first-order valence-corrected chi connectivity index (χ1v) is 9.72. The highest BCUT2D eigenvalue weighted by Crippen LogP contribution is 2.12. The van der Waals surface area contributed by atoms with E-state index in [1.807, 2.05) is 19.9 Å². The van der Waals surface area contributed by atoms with Crippen molar-refractivity contribution in [1.82, 2.24) is 15.5 Å². The normalized spacial score (nSPS) is 15.8. The fourth-order valence-electron chi connectivity index (χ4n) is 3.08. The molecule has 4 N–H and O–H groups in total. The standard InChI is InChI=1S/C20H30N4O4/c1-14(2)17(13-25)22-18(26)12-16(19(27)24-10-6-7-11-24)23-20(28)21-15-8-4-3-5-9-15/h3-5,8-9,14,16-17,25H,6-7,10-13H2,1-2H3,(H,22,26)(H2,21,23,28)/t16-,17+/m0/s1. The third kappa shape index (κ3) is 6.53. The molecule has 2 atom stereocenters. The summed E-state index contributed by atoms with van der Waals surface area (Å²) in [6, 6.07) is 6.98. The van der Waals surface area contributed by atoms with Gasteiger partial charge in [-0.2, -0.15) is 0 Å². The van der Waals surface area contributed by atoms with Gasteiger partial charge in [0.05, 0.1) is 19.1 Å². The summed E-state index contributed by atoms with van der Waals surface area (Å²) in [6.07, 6.45) is 1.66. The molecule has 0 radical (unpaired) electrons. The molecule has 0 aromatic heterocycles. The van der Waals surface area contributed by atoms with E-state index >= 15 is 0 Å². The summed E-state index contributed by atoms with van der Waals surface area (Å²) >= 11 is 0. The Morgan fingerprint density at radius 2 is 1.71 bits per heavy atom. The number of likely N-dealkylation sites (tertiary alicyclic amines) is 1. The maximum Gasteiger partial charge on any atom is 0.319 e. The zero-order chi connectivity index (χ0) is 20.5. The minimum Gasteiger partial charge on any atom is -0.394 e. The average molecular weight is 390 g/mol. The molecule has 1 heterocycles. The van der Waals surface area contributed by atoms with Crippen LogP contribution in [0.4, 0.5) is 10.5 Å². The van der Waals surface area contributed by atoms with E-state index in [9.17, 15) is 19.5 Å². The minimum atomic E-state index is -0.965. The van der Waals surface area contributed by atoms with Crippen molar-refractivity contribution in [2.75, 3.05) is 25.0 Å². The van der Waals surface area contributed by atoms with Gasteiger partial charge in [0.25, 0.3) is 0 Å². The lowest BCUT2D eigenvalue weighted by molar-refractivity contribution is -0.135. The Morgan fingerprint density at radius 3 is 2.29 bits per heavy atom. The summed E-state index contributed by atoms with van der Waals surface area (Å²) < 4.78 is 0. The SMILES string of the molecule is CC(C)[C@@H](CO)NC(=O)C[C@H](NC(=O)Nc1ccccc1)C(=O)N1CCCC1. The van der Waals surface area contributed by atoms with Crippen LogP contribution in [0.5, 0.6) is 0 Å². The second kappa shape index (κ2) is 10.7. The largest absolute Gasteiger partial charge is 0.394 e. The van der Waals surface area contributed by atoms with Gasteiger partial charge >= 0.3 is 6.03 Å². The van der Waals surface area contributed by atoms with Crippen LogP contribution in [0, 0.1) is 5.92 Å². The molecule has 1 aliphatic rings. The molecule has 1 aromatic carbocycles. The number of urea groups is 1. The van der Waals surface area contributed by atoms with E-state index in [1.54, 1.807) is 29.2 Å². The van der Waals surface area contributed by atoms with E-state index in [0.29, 0.717) is 18.8 Å². The Morgan fingerprint density at radius 1 is 1.07 bits per heavy atom. The first-order valence-electron chi connectivity index (χ1n) is 9.72. The predicted molar refractivity (Wildman–Crippen MR) is 107 cm³/mol. The van der Waals surface area contributed by atoms with Gasteiger partial charge in [0.15, 0.2) is 0 Å². The maximum atomic E-state index is 12.8. The minimum absolute atomic E-state index is 0.0519. The van der Waals surface area contributed by atoms with Crippen LogP contribution in [0.15, 0.2) is 30.3 Å². The highest BCUT2D eigenvalue weighted by molar-refractivity contribution is 5.96. The molecule has 0 saturated carbocycles. The second-order valence-electron chi connectivity index (χ2n) is 7.35. The predicted octanol–water partition coefficient (Wildman–Crippen LogP) is 1.32. The van der Waals surface area contributed by atoms with Crippen molar-refractivity contribution in [3.63, 3.8) is 0 Å². The molecule has 1 aromatic rings. The number of carbonyl (C=O) groups is 3. The number of hydrogen-bond acceptors (Lipinski definition) is 4. The number of para-hydroxylation sites is 1. The fourth-order valence-corrected chi connectivity index (χ4v) is 3.08. The summed E-state index contributed by atoms with van der Waals surface area (Å²) in [4.78, 5) is 39.3. The smallest absolute Gasteiger partial charge is 0.319 e. The molecule has 4 amide bonds. The molecular formula is C20H30N4O4. The number of rotatable bonds is 8. The molecule has 0 aliphatic carbocycles. The van der Waals surface area contributed by atoms with Crippen LogP contribution in [0.3, 0.4) is 0 Å². The van der Waals surface area contributed by atoms with Crippen LogP contribution in [-0.4, -0.2) is 59.6 Å². The molecule has 154 valence electrons. The van der Waals surface area contributed by atoms with Crippen LogP contribution >= 0.6 is 0 Å². The van der Waals surface area contributed by atoms with E-state index in [4.69, 9.17) is 0 Å². The van der Waals surface area contributed by atoms with Crippen LogP contribution < -0.4 is 16.0 Å². The highest BCUT2D eigenvalue weighted by atomic mass is 16.3. The summed E-state index contributed by atoms with van der Waals surface area (Å²) in [5, 5.41) is 17.4. The van der Waals surface area contributed by atoms with Gasteiger partial charge in [-0.05, 0) is 30.9 Å². The molecule has 0 unspecified atom stereocenters. The lowest BCUT2D eigenvalue weighted by Gasteiger charge is -2.25. The Kier molecular flexibility index (Phi) is 8.25. The number of aliphatic hydroxyl groups excluding tert-OH is 1. The van der Waals surface area contributed by atoms with Gasteiger partial charge in [-0.1, -0.05) is 32.0 Å². The number of carbonyl (C=O) groups excluding carboxylic acids is 3. The number of benzene rings is 1. The Hall–Kier alpha value is -2.61. The highest BCUT2D eigenvalue weighted by Gasteiger charge is 2.30. The summed E-state index contributed by atoms with van der Waals surface area (Å²) in [5.74, 6) is -0.595. The van der Waals surface area contributed by atoms with Gasteiger partial charge in [0, 0.05) is 18.8 Å². The van der Waals surface area contributed by atoms with Crippen LogP contribution in [-0.2, 0) is 9.59 Å². The van der Waals surface area contributed by atoms with Crippen molar-refractivity contribution in [2.45, 2.75) is 45.2 Å². The summed E-state index contributed by atoms with van der Waals surface area (Å²) in [5.41, 5.74) is 0.594. The molecule has 1 aliphatic heterocycles. The monoisotopic (exact) mass is 390 g/mol. The van der Waals surface area contributed by atoms with Gasteiger partial charge in [0.2, 0.25) is 11.8 Å². The third-order valence-corrected chi connectivity index (χ3v) is 4.79. The van der Waals surface area contributed by atoms with Crippen molar-refractivity contribution in [3.05, 3.63) is 30.3 Å². The lowest BCUT2D eigenvalue weighted by atomic mass is 10.0. The number of nitrogens with one attached hydrogen (secondary N) is 3. The number of aliphatic hydroxyl groups is 1. The van der Waals surface area contributed by atoms with Crippen LogP contribution in [0.1, 0.15) is 33.1 Å². The summed E-state index contributed by atoms with van der Waals surface area (Å²) in [6.45, 7) is 4.85. The lowest BCUT2D eigenvalue weighted by Crippen LogP contribution is -2.52. The van der Waals surface area contributed by atoms with Gasteiger partial charge in [-0.25, -0.2) is 4.79 Å². The molecule has 8 nitrogen and oxygen atoms in total. The first-order chi connectivity index (χ1) is 13.4. The van der Waals surface area contributed by atoms with E-state index < -0.39 is 18.1 Å². The first kappa shape index (κ1) is 21.7. The second-order valence-corrected chi connectivity index (χ2v) is 7.35. The zero-order valence-electron chi connectivity index (χ0n) is 16.5. The average Bonchev–Trinajstić information content (AvgIpc) is 3.20. The zero-order valence-corrected chi connectivity index (χ0v) is 16.5. The van der Waals surface area contributed by atoms with Crippen molar-refractivity contribution in [3.8, 4) is 0 Å². The number of anilines is 1. The number of hydrogen-bond donors (Lipinski definition) is 4. The maximum absolute atomic E-state index is 12.8. The quantitative estimate of drug-likeness (QED) is 0.536. The Bertz CT molecular complexity index is 659. The van der Waals surface area contributed by atoms with E-state index in [0.717, 1.165) is 12.8 Å². The summed E-state index contributed by atoms with van der Waals surface area (Å²) in [7, 11) is 0. The topological polar surface area (TPSA) is 111 Å². The Balaban J connectivity index is 2.02. The van der Waals surface area contributed by atoms with E-state index in [-0.39, 0.29) is 30.8 Å². The molecular weight excluding hydrogens is 360 g/mol. The molecule has 8 heteroatoms. The molecule has 0 bridgehead atoms. The molecule has 0 spiro atoms. The van der Waals surface area contributed by atoms with Gasteiger partial charge in [-0.3, -0.25) is 9.59 Å². The van der Waals surface area contributed by atoms with Crippen molar-refractivity contribution in [2.24, 2.45) is 5.92 Å². The van der Waals surface area contributed by atoms with E-state index in [1.165, 1.54) is 0 Å². The van der Waals surface area contributed by atoms with Gasteiger partial charge in [-0.15, -0.1) is 0 Å². The Labute approximate surface area is 165 Å². The molecule has 2 rings (SSSR count). The third-order valence-electron chi connectivity index (χ3n) is 4.79. The molecule has 28 heavy (non-hydrogen) atoms. The number of nitrogens with zero attached hydrogens (tertiary/aromatic N) is 1. The van der Waals surface area contributed by atoms with Crippen molar-refractivity contribution >= 4 is 23.5 Å². The van der Waals surface area contributed by atoms with Crippen LogP contribution in [0.2, 0.25) is 0 Å². The molecule has 1 fully saturated rings. The van der Waals surface area contributed by atoms with Gasteiger partial charge < -0.3 is 26.0 Å². The van der Waals surface area contributed by atoms with Crippen LogP contribution in [0.25, 0.3) is 0 Å². The van der Waals surface area contributed by atoms with Crippen molar-refractivity contribution in [1.29, 1.82) is 0 Å². The van der Waals surface area contributed by atoms with Crippen molar-refractivity contribution < 1.29 is 19.5 Å². The van der Waals surface area contributed by atoms with E-state index in [2.05, 4.69) is 16.0 Å². The molecule has 1 saturated heterocycles. The number of amides is 4. The van der Waals surface area contributed by atoms with Gasteiger partial charge in [0.1, 0.15) is 6.04 Å².